The summed E-state index contributed by atoms with van der Waals surface area (Å²) in [6.45, 7) is 5.74. The predicted molar refractivity (Wildman–Crippen MR) is 158 cm³/mol. The second kappa shape index (κ2) is 12.2. The summed E-state index contributed by atoms with van der Waals surface area (Å²) in [4.78, 5) is 52.5. The van der Waals surface area contributed by atoms with Gasteiger partial charge in [-0.2, -0.15) is 13.2 Å². The van der Waals surface area contributed by atoms with Crippen molar-refractivity contribution in [1.82, 2.24) is 19.9 Å². The maximum absolute atomic E-state index is 15.9. The molecular weight excluding hydrogens is 582 g/mol. The number of aldehydes is 1. The second-order valence-corrected chi connectivity index (χ2v) is 11.1. The maximum atomic E-state index is 15.9. The van der Waals surface area contributed by atoms with Crippen LogP contribution in [-0.2, 0) is 6.18 Å². The third-order valence-electron chi connectivity index (χ3n) is 8.08. The quantitative estimate of drug-likeness (QED) is 0.314. The molecule has 2 aliphatic heterocycles. The van der Waals surface area contributed by atoms with Crippen molar-refractivity contribution >= 4 is 35.1 Å². The van der Waals surface area contributed by atoms with Crippen LogP contribution in [0, 0.1) is 5.82 Å². The van der Waals surface area contributed by atoms with E-state index in [-0.39, 0.29) is 29.9 Å². The minimum absolute atomic E-state index is 0.0706. The number of carbonyl (C=O) groups excluding carboxylic acids is 2. The molecule has 0 saturated carbocycles. The van der Waals surface area contributed by atoms with E-state index in [1.54, 1.807) is 0 Å². The van der Waals surface area contributed by atoms with Crippen LogP contribution in [0.1, 0.15) is 52.1 Å². The lowest BCUT2D eigenvalue weighted by Crippen LogP contribution is -2.55. The number of nitrogens with one attached hydrogen (secondary N) is 2. The molecule has 1 aromatic carbocycles. The van der Waals surface area contributed by atoms with Gasteiger partial charge in [-0.05, 0) is 45.0 Å². The molecule has 1 saturated heterocycles. The zero-order valence-electron chi connectivity index (χ0n) is 24.3. The SMILES string of the molecule is CC1CN(c2cc(F)c(C3=CCCN(c4ncc(C=O)cn4)C3)cc2NC(=O)c2c[nH]c(=O)cc2C(F)(F)F)CC(C)N1C. The fourth-order valence-corrected chi connectivity index (χ4v) is 5.52. The molecule has 10 nitrogen and oxygen atoms in total. The van der Waals surface area contributed by atoms with Crippen molar-refractivity contribution in [2.75, 3.05) is 48.3 Å². The standard InChI is InChI=1S/C30H31F4N7O3/c1-17-13-41(14-18(2)39(17)3)26-9-24(31)21(20-5-4-6-40(15-20)29-36-10-19(16-42)11-37-29)7-25(26)38-28(44)22-12-35-27(43)8-23(22)30(32,33)34/h5,7-12,16-18H,4,6,13-15H2,1-3H3,(H,35,43)(H,38,44). The molecule has 44 heavy (non-hydrogen) atoms. The summed E-state index contributed by atoms with van der Waals surface area (Å²) in [5.74, 6) is -1.32. The number of H-pyrrole nitrogens is 1. The Kier molecular flexibility index (Phi) is 8.55. The van der Waals surface area contributed by atoms with Crippen LogP contribution in [0.2, 0.25) is 0 Å². The zero-order valence-corrected chi connectivity index (χ0v) is 24.3. The Morgan fingerprint density at radius 1 is 1.09 bits per heavy atom. The number of piperazine rings is 1. The van der Waals surface area contributed by atoms with Gasteiger partial charge in [-0.1, -0.05) is 6.08 Å². The number of alkyl halides is 3. The average Bonchev–Trinajstić information content (AvgIpc) is 2.99. The van der Waals surface area contributed by atoms with Gasteiger partial charge in [0.1, 0.15) is 5.82 Å². The molecule has 14 heteroatoms. The van der Waals surface area contributed by atoms with Crippen LogP contribution in [0.4, 0.5) is 34.9 Å². The van der Waals surface area contributed by atoms with Crippen LogP contribution < -0.4 is 20.7 Å². The number of rotatable bonds is 6. The zero-order chi connectivity index (χ0) is 31.8. The van der Waals surface area contributed by atoms with Crippen LogP contribution >= 0.6 is 0 Å². The number of halogens is 4. The van der Waals surface area contributed by atoms with E-state index in [4.69, 9.17) is 0 Å². The second-order valence-electron chi connectivity index (χ2n) is 11.1. The molecule has 1 amide bonds. The van der Waals surface area contributed by atoms with Crippen molar-refractivity contribution in [3.8, 4) is 0 Å². The van der Waals surface area contributed by atoms with Gasteiger partial charge in [0.15, 0.2) is 6.29 Å². The number of hydrogen-bond acceptors (Lipinski definition) is 8. The van der Waals surface area contributed by atoms with E-state index in [1.165, 1.54) is 24.5 Å². The fraction of sp³-hybridized carbons (Fsp3) is 0.367. The van der Waals surface area contributed by atoms with Gasteiger partial charge in [-0.25, -0.2) is 14.4 Å². The summed E-state index contributed by atoms with van der Waals surface area (Å²) in [5.41, 5.74) is -1.66. The Morgan fingerprint density at radius 3 is 2.41 bits per heavy atom. The number of benzene rings is 1. The molecule has 2 unspecified atom stereocenters. The molecule has 4 heterocycles. The highest BCUT2D eigenvalue weighted by molar-refractivity contribution is 6.07. The summed E-state index contributed by atoms with van der Waals surface area (Å²) < 4.78 is 57.2. The van der Waals surface area contributed by atoms with Crippen LogP contribution in [0.15, 0.2) is 47.7 Å². The van der Waals surface area contributed by atoms with E-state index in [0.29, 0.717) is 61.2 Å². The number of aromatic amines is 1. The lowest BCUT2D eigenvalue weighted by molar-refractivity contribution is -0.138. The molecule has 2 aromatic heterocycles. The van der Waals surface area contributed by atoms with Crippen molar-refractivity contribution in [1.29, 1.82) is 0 Å². The number of hydrogen-bond donors (Lipinski definition) is 2. The van der Waals surface area contributed by atoms with E-state index < -0.39 is 34.6 Å². The Morgan fingerprint density at radius 2 is 1.77 bits per heavy atom. The molecule has 5 rings (SSSR count). The van der Waals surface area contributed by atoms with Crippen LogP contribution in [0.25, 0.3) is 5.57 Å². The number of anilines is 3. The van der Waals surface area contributed by atoms with Crippen LogP contribution in [0.5, 0.6) is 0 Å². The Bertz CT molecular complexity index is 1640. The van der Waals surface area contributed by atoms with Crippen LogP contribution in [0.3, 0.4) is 0 Å². The molecule has 2 aliphatic rings. The summed E-state index contributed by atoms with van der Waals surface area (Å²) in [7, 11) is 1.98. The van der Waals surface area contributed by atoms with Gasteiger partial charge < -0.3 is 20.1 Å². The molecule has 2 atom stereocenters. The number of carbonyl (C=O) groups is 2. The Labute approximate surface area is 250 Å². The molecule has 0 radical (unpaired) electrons. The molecular formula is C30H31F4N7O3. The maximum Gasteiger partial charge on any atom is 0.417 e. The molecule has 0 aliphatic carbocycles. The monoisotopic (exact) mass is 613 g/mol. The first-order valence-electron chi connectivity index (χ1n) is 14.0. The molecule has 232 valence electrons. The largest absolute Gasteiger partial charge is 0.417 e. The Hall–Kier alpha value is -4.59. The fourth-order valence-electron chi connectivity index (χ4n) is 5.52. The number of amides is 1. The minimum atomic E-state index is -4.96. The highest BCUT2D eigenvalue weighted by atomic mass is 19.4. The predicted octanol–water partition coefficient (Wildman–Crippen LogP) is 4.21. The number of pyridine rings is 1. The molecule has 0 bridgehead atoms. The number of likely N-dealkylation sites (N-methyl/N-ethyl adjacent to an activating group) is 1. The van der Waals surface area contributed by atoms with E-state index in [2.05, 4.69) is 25.2 Å². The highest BCUT2D eigenvalue weighted by Crippen LogP contribution is 2.37. The molecule has 0 spiro atoms. The van der Waals surface area contributed by atoms with E-state index in [1.807, 2.05) is 36.8 Å². The number of aromatic nitrogens is 3. The third kappa shape index (κ3) is 6.34. The van der Waals surface area contributed by atoms with Gasteiger partial charge in [-0.15, -0.1) is 0 Å². The summed E-state index contributed by atoms with van der Waals surface area (Å²) in [5, 5.41) is 2.58. The molecule has 1 fully saturated rings. The van der Waals surface area contributed by atoms with E-state index in [0.717, 1.165) is 6.20 Å². The van der Waals surface area contributed by atoms with E-state index >= 15 is 4.39 Å². The first-order chi connectivity index (χ1) is 20.8. The van der Waals surface area contributed by atoms with Gasteiger partial charge in [0.25, 0.3) is 5.91 Å². The first kappa shape index (κ1) is 30.9. The van der Waals surface area contributed by atoms with Gasteiger partial charge in [0.2, 0.25) is 11.5 Å². The van der Waals surface area contributed by atoms with Crippen molar-refractivity contribution in [2.24, 2.45) is 0 Å². The lowest BCUT2D eigenvalue weighted by atomic mass is 9.98. The average molecular weight is 614 g/mol. The van der Waals surface area contributed by atoms with Gasteiger partial charge in [-0.3, -0.25) is 19.3 Å². The minimum Gasteiger partial charge on any atom is -0.367 e. The van der Waals surface area contributed by atoms with Crippen molar-refractivity contribution in [3.05, 3.63) is 81.3 Å². The van der Waals surface area contributed by atoms with Gasteiger partial charge >= 0.3 is 6.18 Å². The highest BCUT2D eigenvalue weighted by Gasteiger charge is 2.36. The van der Waals surface area contributed by atoms with Gasteiger partial charge in [0, 0.05) is 68.5 Å². The summed E-state index contributed by atoms with van der Waals surface area (Å²) in [6, 6.07) is 3.20. The number of nitrogens with zero attached hydrogens (tertiary/aromatic N) is 5. The lowest BCUT2D eigenvalue weighted by Gasteiger charge is -2.44. The van der Waals surface area contributed by atoms with Crippen LogP contribution in [-0.4, -0.2) is 77.4 Å². The smallest absolute Gasteiger partial charge is 0.367 e. The van der Waals surface area contributed by atoms with E-state index in [9.17, 15) is 27.6 Å². The normalized spacial score (nSPS) is 19.5. The summed E-state index contributed by atoms with van der Waals surface area (Å²) in [6.07, 6.45) is 1.55. The van der Waals surface area contributed by atoms with Crippen molar-refractivity contribution in [3.63, 3.8) is 0 Å². The molecule has 2 N–H and O–H groups in total. The third-order valence-corrected chi connectivity index (χ3v) is 8.08. The first-order valence-corrected chi connectivity index (χ1v) is 14.0. The topological polar surface area (TPSA) is 115 Å². The van der Waals surface area contributed by atoms with Crippen molar-refractivity contribution in [2.45, 2.75) is 38.5 Å². The van der Waals surface area contributed by atoms with Gasteiger partial charge in [0.05, 0.1) is 28.1 Å². The summed E-state index contributed by atoms with van der Waals surface area (Å²) >= 11 is 0. The molecule has 3 aromatic rings. The Balaban J connectivity index is 1.54. The van der Waals surface area contributed by atoms with Crippen molar-refractivity contribution < 1.29 is 27.2 Å².